The summed E-state index contributed by atoms with van der Waals surface area (Å²) in [6.45, 7) is 1.39. The second-order valence-electron chi connectivity index (χ2n) is 3.58. The van der Waals surface area contributed by atoms with Crippen LogP contribution in [0.4, 0.5) is 5.69 Å². The van der Waals surface area contributed by atoms with Gasteiger partial charge in [0.2, 0.25) is 0 Å². The molecule has 0 aliphatic rings. The number of rotatable bonds is 6. The van der Waals surface area contributed by atoms with Crippen LogP contribution in [0.2, 0.25) is 0 Å². The Kier molecular flexibility index (Phi) is 8.19. The van der Waals surface area contributed by atoms with Gasteiger partial charge in [0.05, 0.1) is 0 Å². The lowest BCUT2D eigenvalue weighted by Gasteiger charge is -2.05. The molecule has 0 saturated heterocycles. The van der Waals surface area contributed by atoms with E-state index in [9.17, 15) is 4.79 Å². The van der Waals surface area contributed by atoms with Crippen LogP contribution in [0.15, 0.2) is 24.3 Å². The van der Waals surface area contributed by atoms with Crippen LogP contribution in [0.5, 0.6) is 0 Å². The molecule has 0 radical (unpaired) electrons. The Morgan fingerprint density at radius 3 is 2.82 bits per heavy atom. The summed E-state index contributed by atoms with van der Waals surface area (Å²) < 4.78 is 4.92. The molecule has 4 nitrogen and oxygen atoms in total. The zero-order valence-electron chi connectivity index (χ0n) is 9.94. The van der Waals surface area contributed by atoms with Crippen LogP contribution >= 0.6 is 12.4 Å². The molecule has 1 aromatic carbocycles. The fourth-order valence-corrected chi connectivity index (χ4v) is 1.36. The molecule has 1 rings (SSSR count). The maximum absolute atomic E-state index is 11.6. The summed E-state index contributed by atoms with van der Waals surface area (Å²) in [5.74, 6) is -0.0790. The fraction of sp³-hybridized carbons (Fsp3) is 0.417. The summed E-state index contributed by atoms with van der Waals surface area (Å²) in [6.07, 6.45) is 1.87. The van der Waals surface area contributed by atoms with Crippen LogP contribution in [-0.4, -0.2) is 26.2 Å². The first-order valence-corrected chi connectivity index (χ1v) is 5.36. The van der Waals surface area contributed by atoms with Crippen LogP contribution < -0.4 is 11.1 Å². The number of benzene rings is 1. The molecule has 0 spiro atoms. The van der Waals surface area contributed by atoms with Crippen molar-refractivity contribution in [1.29, 1.82) is 0 Å². The SMILES string of the molecule is COCCCCNC(=O)c1cccc(N)c1.Cl. The zero-order chi connectivity index (χ0) is 11.8. The van der Waals surface area contributed by atoms with Crippen LogP contribution in [0.25, 0.3) is 0 Å². The highest BCUT2D eigenvalue weighted by Crippen LogP contribution is 2.06. The van der Waals surface area contributed by atoms with Crippen molar-refractivity contribution in [2.75, 3.05) is 26.0 Å². The summed E-state index contributed by atoms with van der Waals surface area (Å²) in [5.41, 5.74) is 6.80. The Balaban J connectivity index is 0.00000256. The third kappa shape index (κ3) is 6.14. The monoisotopic (exact) mass is 258 g/mol. The van der Waals surface area contributed by atoms with Gasteiger partial charge in [-0.3, -0.25) is 4.79 Å². The second kappa shape index (κ2) is 8.84. The lowest BCUT2D eigenvalue weighted by atomic mass is 10.2. The van der Waals surface area contributed by atoms with Crippen molar-refractivity contribution in [3.05, 3.63) is 29.8 Å². The van der Waals surface area contributed by atoms with Crippen molar-refractivity contribution in [2.24, 2.45) is 0 Å². The number of nitrogens with one attached hydrogen (secondary N) is 1. The van der Waals surface area contributed by atoms with Gasteiger partial charge in [-0.05, 0) is 31.0 Å². The average Bonchev–Trinajstić information content (AvgIpc) is 2.28. The molecule has 0 aromatic heterocycles. The van der Waals surface area contributed by atoms with E-state index in [1.54, 1.807) is 31.4 Å². The molecule has 1 aromatic rings. The van der Waals surface area contributed by atoms with E-state index in [0.29, 0.717) is 17.8 Å². The van der Waals surface area contributed by atoms with Gasteiger partial charge in [-0.1, -0.05) is 6.07 Å². The second-order valence-corrected chi connectivity index (χ2v) is 3.58. The molecular formula is C12H19ClN2O2. The lowest BCUT2D eigenvalue weighted by Crippen LogP contribution is -2.24. The van der Waals surface area contributed by atoms with Crippen LogP contribution in [-0.2, 0) is 4.74 Å². The number of amides is 1. The highest BCUT2D eigenvalue weighted by molar-refractivity contribution is 5.94. The minimum atomic E-state index is -0.0790. The first kappa shape index (κ1) is 15.7. The summed E-state index contributed by atoms with van der Waals surface area (Å²) in [7, 11) is 1.67. The van der Waals surface area contributed by atoms with E-state index >= 15 is 0 Å². The van der Waals surface area contributed by atoms with Crippen LogP contribution in [0.3, 0.4) is 0 Å². The number of nitrogens with two attached hydrogens (primary N) is 1. The maximum atomic E-state index is 11.6. The average molecular weight is 259 g/mol. The predicted octanol–water partition coefficient (Wildman–Crippen LogP) is 1.85. The van der Waals surface area contributed by atoms with Crippen molar-refractivity contribution in [3.8, 4) is 0 Å². The summed E-state index contributed by atoms with van der Waals surface area (Å²) in [6, 6.07) is 6.95. The number of ether oxygens (including phenoxy) is 1. The molecule has 17 heavy (non-hydrogen) atoms. The predicted molar refractivity (Wildman–Crippen MR) is 71.5 cm³/mol. The molecule has 0 fully saturated rings. The van der Waals surface area contributed by atoms with Gasteiger partial charge in [0, 0.05) is 31.5 Å². The Bertz CT molecular complexity index is 345. The normalized spacial score (nSPS) is 9.47. The van der Waals surface area contributed by atoms with Crippen molar-refractivity contribution in [1.82, 2.24) is 5.32 Å². The third-order valence-electron chi connectivity index (χ3n) is 2.21. The topological polar surface area (TPSA) is 64.3 Å². The Labute approximate surface area is 108 Å². The van der Waals surface area contributed by atoms with Gasteiger partial charge >= 0.3 is 0 Å². The van der Waals surface area contributed by atoms with Crippen LogP contribution in [0, 0.1) is 0 Å². The number of anilines is 1. The van der Waals surface area contributed by atoms with E-state index in [1.165, 1.54) is 0 Å². The number of methoxy groups -OCH3 is 1. The summed E-state index contributed by atoms with van der Waals surface area (Å²) in [5, 5.41) is 2.84. The molecule has 0 unspecified atom stereocenters. The summed E-state index contributed by atoms with van der Waals surface area (Å²) >= 11 is 0. The summed E-state index contributed by atoms with van der Waals surface area (Å²) in [4.78, 5) is 11.6. The van der Waals surface area contributed by atoms with E-state index in [-0.39, 0.29) is 18.3 Å². The molecule has 0 aliphatic heterocycles. The minimum Gasteiger partial charge on any atom is -0.399 e. The molecule has 0 aliphatic carbocycles. The van der Waals surface area contributed by atoms with Gasteiger partial charge in [-0.15, -0.1) is 12.4 Å². The molecule has 0 saturated carbocycles. The van der Waals surface area contributed by atoms with E-state index in [4.69, 9.17) is 10.5 Å². The van der Waals surface area contributed by atoms with E-state index in [1.807, 2.05) is 0 Å². The minimum absolute atomic E-state index is 0. The van der Waals surface area contributed by atoms with Gasteiger partial charge < -0.3 is 15.8 Å². The molecule has 0 heterocycles. The molecular weight excluding hydrogens is 240 g/mol. The number of hydrogen-bond acceptors (Lipinski definition) is 3. The largest absolute Gasteiger partial charge is 0.399 e. The van der Waals surface area contributed by atoms with Gasteiger partial charge in [0.15, 0.2) is 0 Å². The molecule has 5 heteroatoms. The molecule has 96 valence electrons. The Hall–Kier alpha value is -1.26. The van der Waals surface area contributed by atoms with Crippen molar-refractivity contribution >= 4 is 24.0 Å². The van der Waals surface area contributed by atoms with Crippen molar-refractivity contribution in [2.45, 2.75) is 12.8 Å². The quantitative estimate of drug-likeness (QED) is 0.605. The van der Waals surface area contributed by atoms with E-state index in [2.05, 4.69) is 5.32 Å². The van der Waals surface area contributed by atoms with Gasteiger partial charge in [-0.2, -0.15) is 0 Å². The van der Waals surface area contributed by atoms with Gasteiger partial charge in [-0.25, -0.2) is 0 Å². The van der Waals surface area contributed by atoms with Gasteiger partial charge in [0.25, 0.3) is 5.91 Å². The number of hydrogen-bond donors (Lipinski definition) is 2. The Morgan fingerprint density at radius 1 is 1.41 bits per heavy atom. The molecule has 3 N–H and O–H groups in total. The molecule has 1 amide bonds. The number of unbranched alkanes of at least 4 members (excludes halogenated alkanes) is 1. The molecule has 0 bridgehead atoms. The zero-order valence-corrected chi connectivity index (χ0v) is 10.8. The first-order chi connectivity index (χ1) is 7.74. The van der Waals surface area contributed by atoms with Crippen LogP contribution in [0.1, 0.15) is 23.2 Å². The number of carbonyl (C=O) groups excluding carboxylic acids is 1. The highest BCUT2D eigenvalue weighted by atomic mass is 35.5. The standard InChI is InChI=1S/C12H18N2O2.ClH/c1-16-8-3-2-7-14-12(15)10-5-4-6-11(13)9-10;/h4-6,9H,2-3,7-8,13H2,1H3,(H,14,15);1H. The Morgan fingerprint density at radius 2 is 2.18 bits per heavy atom. The smallest absolute Gasteiger partial charge is 0.251 e. The van der Waals surface area contributed by atoms with Crippen molar-refractivity contribution < 1.29 is 9.53 Å². The van der Waals surface area contributed by atoms with E-state index < -0.39 is 0 Å². The number of halogens is 1. The molecule has 0 atom stereocenters. The lowest BCUT2D eigenvalue weighted by molar-refractivity contribution is 0.0951. The third-order valence-corrected chi connectivity index (χ3v) is 2.21. The van der Waals surface area contributed by atoms with Gasteiger partial charge in [0.1, 0.15) is 0 Å². The number of nitrogen functional groups attached to an aromatic ring is 1. The fourth-order valence-electron chi connectivity index (χ4n) is 1.36. The highest BCUT2D eigenvalue weighted by Gasteiger charge is 2.03. The maximum Gasteiger partial charge on any atom is 0.251 e. The first-order valence-electron chi connectivity index (χ1n) is 5.36. The van der Waals surface area contributed by atoms with E-state index in [0.717, 1.165) is 19.4 Å². The van der Waals surface area contributed by atoms with Crippen molar-refractivity contribution in [3.63, 3.8) is 0 Å². The number of carbonyl (C=O) groups is 1.